The first-order chi connectivity index (χ1) is 9.61. The first-order valence-electron chi connectivity index (χ1n) is 6.16. The highest BCUT2D eigenvalue weighted by Crippen LogP contribution is 2.31. The molecule has 21 heavy (non-hydrogen) atoms. The fraction of sp³-hybridized carbons (Fsp3) is 0.308. The fourth-order valence-corrected chi connectivity index (χ4v) is 3.41. The Morgan fingerprint density at radius 2 is 2.00 bits per heavy atom. The maximum atomic E-state index is 12.5. The van der Waals surface area contributed by atoms with E-state index in [0.29, 0.717) is 5.69 Å². The molecule has 2 rings (SSSR count). The SMILES string of the molecule is CC(C)(C)c1[nH]ncc1S(=O)(=O)Nc1cc(O)ccc1Cl. The Hall–Kier alpha value is -1.73. The van der Waals surface area contributed by atoms with E-state index in [-0.39, 0.29) is 21.4 Å². The van der Waals surface area contributed by atoms with E-state index < -0.39 is 15.4 Å². The first-order valence-corrected chi connectivity index (χ1v) is 8.02. The van der Waals surface area contributed by atoms with Gasteiger partial charge in [-0.25, -0.2) is 8.42 Å². The van der Waals surface area contributed by atoms with Gasteiger partial charge in [0, 0.05) is 11.5 Å². The molecule has 114 valence electrons. The van der Waals surface area contributed by atoms with Gasteiger partial charge in [-0.2, -0.15) is 5.10 Å². The van der Waals surface area contributed by atoms with Gasteiger partial charge in [-0.1, -0.05) is 32.4 Å². The Kier molecular flexibility index (Phi) is 3.90. The summed E-state index contributed by atoms with van der Waals surface area (Å²) in [4.78, 5) is 0.0504. The van der Waals surface area contributed by atoms with Gasteiger partial charge in [-0.15, -0.1) is 0 Å². The number of rotatable bonds is 3. The molecule has 2 aromatic rings. The van der Waals surface area contributed by atoms with Crippen LogP contribution in [0.2, 0.25) is 5.02 Å². The number of aromatic nitrogens is 2. The molecule has 0 unspecified atom stereocenters. The van der Waals surface area contributed by atoms with Crippen molar-refractivity contribution in [2.75, 3.05) is 4.72 Å². The molecule has 6 nitrogen and oxygen atoms in total. The molecular formula is C13H16ClN3O3S. The van der Waals surface area contributed by atoms with Crippen molar-refractivity contribution in [3.05, 3.63) is 35.1 Å². The molecule has 0 spiro atoms. The molecule has 0 fully saturated rings. The van der Waals surface area contributed by atoms with E-state index in [2.05, 4.69) is 14.9 Å². The Morgan fingerprint density at radius 1 is 1.33 bits per heavy atom. The Labute approximate surface area is 128 Å². The van der Waals surface area contributed by atoms with Gasteiger partial charge in [0.25, 0.3) is 10.0 Å². The van der Waals surface area contributed by atoms with Gasteiger partial charge in [0.15, 0.2) is 0 Å². The van der Waals surface area contributed by atoms with Gasteiger partial charge in [0.1, 0.15) is 10.6 Å². The predicted octanol–water partition coefficient (Wildman–Crippen LogP) is 2.87. The van der Waals surface area contributed by atoms with Crippen molar-refractivity contribution in [2.45, 2.75) is 31.1 Å². The summed E-state index contributed by atoms with van der Waals surface area (Å²) >= 11 is 5.93. The average molecular weight is 330 g/mol. The third-order valence-electron chi connectivity index (χ3n) is 2.84. The average Bonchev–Trinajstić information content (AvgIpc) is 2.83. The van der Waals surface area contributed by atoms with E-state index >= 15 is 0 Å². The minimum atomic E-state index is -3.86. The van der Waals surface area contributed by atoms with Crippen LogP contribution in [0.5, 0.6) is 5.75 Å². The molecule has 1 heterocycles. The van der Waals surface area contributed by atoms with Crippen LogP contribution in [0.25, 0.3) is 0 Å². The number of hydrogen-bond acceptors (Lipinski definition) is 4. The first kappa shape index (κ1) is 15.7. The van der Waals surface area contributed by atoms with Crippen LogP contribution in [-0.4, -0.2) is 23.7 Å². The number of aromatic amines is 1. The zero-order valence-corrected chi connectivity index (χ0v) is 13.4. The van der Waals surface area contributed by atoms with Gasteiger partial charge in [0.05, 0.1) is 22.6 Å². The maximum absolute atomic E-state index is 12.5. The van der Waals surface area contributed by atoms with Gasteiger partial charge in [-0.3, -0.25) is 9.82 Å². The van der Waals surface area contributed by atoms with Crippen molar-refractivity contribution in [1.82, 2.24) is 10.2 Å². The van der Waals surface area contributed by atoms with Crippen LogP contribution >= 0.6 is 11.6 Å². The number of hydrogen-bond donors (Lipinski definition) is 3. The number of aromatic hydroxyl groups is 1. The summed E-state index contributed by atoms with van der Waals surface area (Å²) in [7, 11) is -3.86. The summed E-state index contributed by atoms with van der Waals surface area (Å²) in [5.41, 5.74) is 0.187. The minimum absolute atomic E-state index is 0.0504. The molecule has 1 aromatic carbocycles. The zero-order chi connectivity index (χ0) is 15.8. The Bertz CT molecular complexity index is 763. The van der Waals surface area contributed by atoms with Gasteiger partial charge >= 0.3 is 0 Å². The lowest BCUT2D eigenvalue weighted by Crippen LogP contribution is -2.20. The summed E-state index contributed by atoms with van der Waals surface area (Å²) < 4.78 is 27.3. The topological polar surface area (TPSA) is 95.1 Å². The molecule has 0 saturated carbocycles. The molecule has 0 aliphatic carbocycles. The van der Waals surface area contributed by atoms with Gasteiger partial charge in [0.2, 0.25) is 0 Å². The molecular weight excluding hydrogens is 314 g/mol. The number of halogens is 1. The summed E-state index contributed by atoms with van der Waals surface area (Å²) in [6.07, 6.45) is 1.25. The van der Waals surface area contributed by atoms with Crippen LogP contribution in [0.3, 0.4) is 0 Å². The smallest absolute Gasteiger partial charge is 0.265 e. The fourth-order valence-electron chi connectivity index (χ4n) is 1.81. The van der Waals surface area contributed by atoms with Crippen molar-refractivity contribution >= 4 is 27.3 Å². The van der Waals surface area contributed by atoms with E-state index in [4.69, 9.17) is 11.6 Å². The quantitative estimate of drug-likeness (QED) is 0.806. The second-order valence-corrected chi connectivity index (χ2v) is 7.69. The monoisotopic (exact) mass is 329 g/mol. The van der Waals surface area contributed by atoms with Crippen LogP contribution in [0, 0.1) is 0 Å². The van der Waals surface area contributed by atoms with E-state index in [9.17, 15) is 13.5 Å². The van der Waals surface area contributed by atoms with Gasteiger partial charge < -0.3 is 5.11 Å². The zero-order valence-electron chi connectivity index (χ0n) is 11.8. The van der Waals surface area contributed by atoms with E-state index in [1.807, 2.05) is 20.8 Å². The number of anilines is 1. The number of phenols is 1. The molecule has 0 radical (unpaired) electrons. The maximum Gasteiger partial charge on any atom is 0.265 e. The van der Waals surface area contributed by atoms with Crippen LogP contribution in [0.15, 0.2) is 29.3 Å². The molecule has 0 atom stereocenters. The number of sulfonamides is 1. The number of nitrogens with one attached hydrogen (secondary N) is 2. The highest BCUT2D eigenvalue weighted by atomic mass is 35.5. The minimum Gasteiger partial charge on any atom is -0.508 e. The van der Waals surface area contributed by atoms with E-state index in [1.165, 1.54) is 24.4 Å². The second-order valence-electron chi connectivity index (χ2n) is 5.63. The van der Waals surface area contributed by atoms with Crippen molar-refractivity contribution in [3.8, 4) is 5.75 Å². The van der Waals surface area contributed by atoms with Gasteiger partial charge in [-0.05, 0) is 12.1 Å². The Morgan fingerprint density at radius 3 is 2.62 bits per heavy atom. The highest BCUT2D eigenvalue weighted by Gasteiger charge is 2.28. The summed E-state index contributed by atoms with van der Waals surface area (Å²) in [5, 5.41) is 16.2. The number of benzene rings is 1. The molecule has 8 heteroatoms. The number of nitrogens with zero attached hydrogens (tertiary/aromatic N) is 1. The largest absolute Gasteiger partial charge is 0.508 e. The van der Waals surface area contributed by atoms with E-state index in [1.54, 1.807) is 0 Å². The molecule has 0 amide bonds. The van der Waals surface area contributed by atoms with E-state index in [0.717, 1.165) is 0 Å². The third kappa shape index (κ3) is 3.30. The number of H-pyrrole nitrogens is 1. The van der Waals surface area contributed by atoms with Crippen molar-refractivity contribution < 1.29 is 13.5 Å². The third-order valence-corrected chi connectivity index (χ3v) is 4.55. The molecule has 0 aliphatic heterocycles. The van der Waals surface area contributed by atoms with Crippen LogP contribution in [0.1, 0.15) is 26.5 Å². The molecule has 0 bridgehead atoms. The van der Waals surface area contributed by atoms with Crippen molar-refractivity contribution in [2.24, 2.45) is 0 Å². The van der Waals surface area contributed by atoms with Crippen molar-refractivity contribution in [3.63, 3.8) is 0 Å². The Balaban J connectivity index is 2.45. The number of phenolic OH excluding ortho intramolecular Hbond substituents is 1. The second kappa shape index (κ2) is 5.23. The normalized spacial score (nSPS) is 12.4. The highest BCUT2D eigenvalue weighted by molar-refractivity contribution is 7.92. The summed E-state index contributed by atoms with van der Waals surface area (Å²) in [6.45, 7) is 5.63. The summed E-state index contributed by atoms with van der Waals surface area (Å²) in [6, 6.07) is 4.03. The standard InChI is InChI=1S/C13H16ClN3O3S/c1-13(2,3)12-11(7-15-16-12)21(19,20)17-10-6-8(18)4-5-9(10)14/h4-7,17-18H,1-3H3,(H,15,16). The lowest BCUT2D eigenvalue weighted by Gasteiger charge is -2.18. The molecule has 0 aliphatic rings. The lowest BCUT2D eigenvalue weighted by molar-refractivity contribution is 0.475. The lowest BCUT2D eigenvalue weighted by atomic mass is 9.92. The molecule has 0 saturated heterocycles. The van der Waals surface area contributed by atoms with Crippen molar-refractivity contribution in [1.29, 1.82) is 0 Å². The van der Waals surface area contributed by atoms with Crippen LogP contribution < -0.4 is 4.72 Å². The van der Waals surface area contributed by atoms with Crippen LogP contribution in [-0.2, 0) is 15.4 Å². The predicted molar refractivity (Wildman–Crippen MR) is 81.2 cm³/mol. The molecule has 1 aromatic heterocycles. The van der Waals surface area contributed by atoms with Crippen LogP contribution in [0.4, 0.5) is 5.69 Å². The summed E-state index contributed by atoms with van der Waals surface area (Å²) in [5.74, 6) is -0.0830. The molecule has 3 N–H and O–H groups in total.